The van der Waals surface area contributed by atoms with Gasteiger partial charge in [0.15, 0.2) is 0 Å². The lowest BCUT2D eigenvalue weighted by atomic mass is 10.0. The number of aromatic nitrogens is 2. The van der Waals surface area contributed by atoms with Crippen LogP contribution in [0, 0.1) is 0 Å². The van der Waals surface area contributed by atoms with Crippen molar-refractivity contribution in [3.05, 3.63) is 28.0 Å². The maximum Gasteiger partial charge on any atom is 0.105 e. The molecule has 4 rings (SSSR count). The summed E-state index contributed by atoms with van der Waals surface area (Å²) in [5.74, 6) is 1.29. The normalized spacial score (nSPS) is 25.5. The lowest BCUT2D eigenvalue weighted by Gasteiger charge is -2.14. The van der Waals surface area contributed by atoms with Crippen molar-refractivity contribution in [1.29, 1.82) is 0 Å². The molecular weight excluding hydrogens is 278 g/mol. The Labute approximate surface area is 108 Å². The van der Waals surface area contributed by atoms with Gasteiger partial charge in [0.05, 0.1) is 21.4 Å². The zero-order valence-electron chi connectivity index (χ0n) is 9.28. The molecule has 0 saturated heterocycles. The molecular formula is C13H12BrN3. The fraction of sp³-hybridized carbons (Fsp3) is 0.385. The molecule has 2 aromatic rings. The molecule has 4 heteroatoms. The van der Waals surface area contributed by atoms with Crippen molar-refractivity contribution in [2.45, 2.75) is 31.1 Å². The van der Waals surface area contributed by atoms with E-state index in [0.717, 1.165) is 21.2 Å². The summed E-state index contributed by atoms with van der Waals surface area (Å²) in [5.41, 5.74) is 11.0. The Hall–Kier alpha value is -1.16. The van der Waals surface area contributed by atoms with E-state index >= 15 is 0 Å². The first-order valence-electron chi connectivity index (χ1n) is 5.99. The number of nitrogens with two attached hydrogens (primary N) is 1. The van der Waals surface area contributed by atoms with E-state index in [4.69, 9.17) is 15.7 Å². The van der Waals surface area contributed by atoms with Gasteiger partial charge >= 0.3 is 0 Å². The Balaban J connectivity index is 2.07. The Morgan fingerprint density at radius 1 is 1.12 bits per heavy atom. The number of nitrogens with zero attached hydrogens (tertiary/aromatic N) is 2. The van der Waals surface area contributed by atoms with Gasteiger partial charge in [-0.25, -0.2) is 9.97 Å². The van der Waals surface area contributed by atoms with Gasteiger partial charge < -0.3 is 5.73 Å². The molecule has 2 atom stereocenters. The van der Waals surface area contributed by atoms with Crippen LogP contribution >= 0.6 is 15.9 Å². The Morgan fingerprint density at radius 3 is 2.59 bits per heavy atom. The first-order chi connectivity index (χ1) is 8.24. The second-order valence-corrected chi connectivity index (χ2v) is 5.83. The van der Waals surface area contributed by atoms with Gasteiger partial charge in [0.1, 0.15) is 5.52 Å². The lowest BCUT2D eigenvalue weighted by Crippen LogP contribution is -2.05. The lowest BCUT2D eigenvalue weighted by molar-refractivity contribution is 0.685. The predicted octanol–water partition coefficient (Wildman–Crippen LogP) is 3.34. The van der Waals surface area contributed by atoms with Gasteiger partial charge in [-0.15, -0.1) is 0 Å². The van der Waals surface area contributed by atoms with E-state index in [1.165, 1.54) is 30.7 Å². The second kappa shape index (κ2) is 3.19. The Bertz CT molecular complexity index is 638. The number of anilines is 1. The first kappa shape index (κ1) is 9.83. The minimum absolute atomic E-state index is 0.639. The van der Waals surface area contributed by atoms with Crippen molar-refractivity contribution in [3.8, 4) is 0 Å². The highest BCUT2D eigenvalue weighted by atomic mass is 79.9. The monoisotopic (exact) mass is 289 g/mol. The second-order valence-electron chi connectivity index (χ2n) is 5.04. The van der Waals surface area contributed by atoms with Crippen LogP contribution in [0.2, 0.25) is 0 Å². The molecule has 2 bridgehead atoms. The fourth-order valence-electron chi connectivity index (χ4n) is 3.21. The molecule has 0 spiro atoms. The third-order valence-corrected chi connectivity index (χ3v) is 4.90. The van der Waals surface area contributed by atoms with Crippen molar-refractivity contribution in [2.24, 2.45) is 0 Å². The minimum Gasteiger partial charge on any atom is -0.398 e. The van der Waals surface area contributed by atoms with Crippen LogP contribution in [0.5, 0.6) is 0 Å². The van der Waals surface area contributed by atoms with Crippen molar-refractivity contribution in [3.63, 3.8) is 0 Å². The van der Waals surface area contributed by atoms with Crippen molar-refractivity contribution in [2.75, 3.05) is 5.73 Å². The number of nitrogen functional groups attached to an aromatic ring is 1. The highest BCUT2D eigenvalue weighted by Gasteiger charge is 2.39. The number of benzene rings is 1. The summed E-state index contributed by atoms with van der Waals surface area (Å²) in [5, 5.41) is 0. The summed E-state index contributed by atoms with van der Waals surface area (Å²) < 4.78 is 0.882. The summed E-state index contributed by atoms with van der Waals surface area (Å²) in [7, 11) is 0. The summed E-state index contributed by atoms with van der Waals surface area (Å²) in [6, 6.07) is 3.86. The maximum atomic E-state index is 5.89. The summed E-state index contributed by atoms with van der Waals surface area (Å²) >= 11 is 3.51. The van der Waals surface area contributed by atoms with Crippen molar-refractivity contribution < 1.29 is 0 Å². The van der Waals surface area contributed by atoms with Gasteiger partial charge in [-0.3, -0.25) is 0 Å². The third kappa shape index (κ3) is 1.22. The molecule has 0 aliphatic heterocycles. The standard InChI is InChI=1S/C13H12BrN3/c14-10-8(15)3-4-9-13(10)17-12-7-2-1-6(5-7)11(12)16-9/h3-4,6-7H,1-2,5,15H2/t6-,7-/m0/s1. The van der Waals surface area contributed by atoms with E-state index in [0.29, 0.717) is 11.8 Å². The number of halogens is 1. The van der Waals surface area contributed by atoms with Crippen LogP contribution in [0.25, 0.3) is 11.0 Å². The van der Waals surface area contributed by atoms with Crippen LogP contribution in [0.15, 0.2) is 16.6 Å². The molecule has 1 heterocycles. The molecule has 2 N–H and O–H groups in total. The molecule has 0 amide bonds. The maximum absolute atomic E-state index is 5.89. The molecule has 17 heavy (non-hydrogen) atoms. The zero-order valence-corrected chi connectivity index (χ0v) is 10.9. The molecule has 2 aliphatic rings. The molecule has 1 saturated carbocycles. The SMILES string of the molecule is Nc1ccc2nc3c(nc2c1Br)[C@H]1CC[C@H]3C1. The molecule has 1 aromatic heterocycles. The van der Waals surface area contributed by atoms with E-state index in [1.54, 1.807) is 0 Å². The van der Waals surface area contributed by atoms with E-state index in [9.17, 15) is 0 Å². The zero-order chi connectivity index (χ0) is 11.6. The number of hydrogen-bond acceptors (Lipinski definition) is 3. The van der Waals surface area contributed by atoms with Crippen LogP contribution in [0.1, 0.15) is 42.5 Å². The molecule has 2 aliphatic carbocycles. The van der Waals surface area contributed by atoms with Gasteiger partial charge in [-0.05, 0) is 47.3 Å². The van der Waals surface area contributed by atoms with Crippen molar-refractivity contribution >= 4 is 32.7 Å². The van der Waals surface area contributed by atoms with Crippen molar-refractivity contribution in [1.82, 2.24) is 9.97 Å². The average Bonchev–Trinajstić information content (AvgIpc) is 2.94. The molecule has 3 nitrogen and oxygen atoms in total. The molecule has 1 aromatic carbocycles. The summed E-state index contributed by atoms with van der Waals surface area (Å²) in [4.78, 5) is 9.60. The highest BCUT2D eigenvalue weighted by molar-refractivity contribution is 9.10. The minimum atomic E-state index is 0.639. The molecule has 86 valence electrons. The average molecular weight is 290 g/mol. The van der Waals surface area contributed by atoms with Gasteiger partial charge in [0.2, 0.25) is 0 Å². The van der Waals surface area contributed by atoms with Gasteiger partial charge in [-0.1, -0.05) is 0 Å². The number of hydrogen-bond donors (Lipinski definition) is 1. The van der Waals surface area contributed by atoms with E-state index < -0.39 is 0 Å². The molecule has 0 radical (unpaired) electrons. The molecule has 0 unspecified atom stereocenters. The third-order valence-electron chi connectivity index (χ3n) is 4.07. The smallest absolute Gasteiger partial charge is 0.105 e. The van der Waals surface area contributed by atoms with Gasteiger partial charge in [0.25, 0.3) is 0 Å². The van der Waals surface area contributed by atoms with E-state index in [-0.39, 0.29) is 0 Å². The number of fused-ring (bicyclic) bond motifs is 6. The van der Waals surface area contributed by atoms with E-state index in [1.807, 2.05) is 12.1 Å². The predicted molar refractivity (Wildman–Crippen MR) is 71.0 cm³/mol. The van der Waals surface area contributed by atoms with Crippen LogP contribution in [0.4, 0.5) is 5.69 Å². The summed E-state index contributed by atoms with van der Waals surface area (Å²) in [6.07, 6.45) is 3.81. The van der Waals surface area contributed by atoms with Gasteiger partial charge in [0, 0.05) is 17.5 Å². The fourth-order valence-corrected chi connectivity index (χ4v) is 3.63. The highest BCUT2D eigenvalue weighted by Crippen LogP contribution is 2.52. The van der Waals surface area contributed by atoms with E-state index in [2.05, 4.69) is 15.9 Å². The van der Waals surface area contributed by atoms with Crippen LogP contribution in [-0.2, 0) is 0 Å². The molecule has 1 fully saturated rings. The Kier molecular flexibility index (Phi) is 1.85. The first-order valence-corrected chi connectivity index (χ1v) is 6.79. The quantitative estimate of drug-likeness (QED) is 0.757. The summed E-state index contributed by atoms with van der Waals surface area (Å²) in [6.45, 7) is 0. The number of rotatable bonds is 0. The van der Waals surface area contributed by atoms with Crippen LogP contribution in [-0.4, -0.2) is 9.97 Å². The largest absolute Gasteiger partial charge is 0.398 e. The topological polar surface area (TPSA) is 51.8 Å². The van der Waals surface area contributed by atoms with Gasteiger partial charge in [-0.2, -0.15) is 0 Å². The van der Waals surface area contributed by atoms with Crippen LogP contribution < -0.4 is 5.73 Å². The van der Waals surface area contributed by atoms with Crippen LogP contribution in [0.3, 0.4) is 0 Å². The Morgan fingerprint density at radius 2 is 1.82 bits per heavy atom.